The molecule has 0 fully saturated rings. The molecule has 0 aromatic heterocycles. The van der Waals surface area contributed by atoms with Gasteiger partial charge in [-0.15, -0.1) is 0 Å². The molecule has 0 unspecified atom stereocenters. The van der Waals surface area contributed by atoms with E-state index < -0.39 is 16.1 Å². The highest BCUT2D eigenvalue weighted by molar-refractivity contribution is 7.89. The number of nitrogens with zero attached hydrogens (tertiary/aromatic N) is 1. The summed E-state index contributed by atoms with van der Waals surface area (Å²) in [4.78, 5) is 14.3. The van der Waals surface area contributed by atoms with Crippen LogP contribution in [0.25, 0.3) is 0 Å². The van der Waals surface area contributed by atoms with E-state index in [2.05, 4.69) is 53.8 Å². The second kappa shape index (κ2) is 14.9. The number of hydrogen-bond acceptors (Lipinski definition) is 4. The molecule has 1 heterocycles. The third kappa shape index (κ3) is 8.02. The lowest BCUT2D eigenvalue weighted by Crippen LogP contribution is -2.54. The van der Waals surface area contributed by atoms with Crippen LogP contribution in [-0.4, -0.2) is 37.8 Å². The van der Waals surface area contributed by atoms with E-state index in [1.54, 1.807) is 19.2 Å². The molecule has 6 nitrogen and oxygen atoms in total. The fourth-order valence-electron chi connectivity index (χ4n) is 6.25. The van der Waals surface area contributed by atoms with Crippen molar-refractivity contribution in [1.29, 1.82) is 0 Å². The summed E-state index contributed by atoms with van der Waals surface area (Å²) in [5.41, 5.74) is 6.19. The number of amides is 1. The Morgan fingerprint density at radius 3 is 1.98 bits per heavy atom. The van der Waals surface area contributed by atoms with Crippen molar-refractivity contribution in [1.82, 2.24) is 9.62 Å². The maximum absolute atomic E-state index is 14.3. The highest BCUT2D eigenvalue weighted by atomic mass is 32.2. The second-order valence-corrected chi connectivity index (χ2v) is 14.0. The van der Waals surface area contributed by atoms with Crippen LogP contribution in [0.1, 0.15) is 59.1 Å². The minimum absolute atomic E-state index is 0.0617. The van der Waals surface area contributed by atoms with Crippen molar-refractivity contribution >= 4 is 15.9 Å². The summed E-state index contributed by atoms with van der Waals surface area (Å²) in [6.45, 7) is 3.92. The van der Waals surface area contributed by atoms with Gasteiger partial charge in [0.15, 0.2) is 0 Å². The molecule has 1 amide bonds. The topological polar surface area (TPSA) is 75.7 Å². The van der Waals surface area contributed by atoms with Crippen LogP contribution in [0.3, 0.4) is 0 Å². The number of carbonyl (C=O) groups is 1. The molecule has 0 radical (unpaired) electrons. The SMILES string of the molecule is COc1cc(S(=O)(=O)N2Cc3ccccc3C[C@H]2C(=O)NC(CCCc2ccccc2)CCCc2ccccc2)cc(C)c1C. The van der Waals surface area contributed by atoms with Crippen LogP contribution in [0, 0.1) is 13.8 Å². The largest absolute Gasteiger partial charge is 0.496 e. The van der Waals surface area contributed by atoms with Gasteiger partial charge in [-0.2, -0.15) is 4.31 Å². The molecule has 0 aliphatic carbocycles. The first kappa shape index (κ1) is 32.5. The van der Waals surface area contributed by atoms with Gasteiger partial charge in [0.05, 0.1) is 12.0 Å². The van der Waals surface area contributed by atoms with Crippen molar-refractivity contribution in [2.45, 2.75) is 82.3 Å². The van der Waals surface area contributed by atoms with Crippen LogP contribution in [0.5, 0.6) is 5.75 Å². The molecule has 236 valence electrons. The lowest BCUT2D eigenvalue weighted by atomic mass is 9.94. The number of fused-ring (bicyclic) bond motifs is 1. The Kier molecular flexibility index (Phi) is 10.7. The van der Waals surface area contributed by atoms with E-state index in [1.165, 1.54) is 15.4 Å². The van der Waals surface area contributed by atoms with Gasteiger partial charge in [-0.1, -0.05) is 84.9 Å². The fourth-order valence-corrected chi connectivity index (χ4v) is 7.91. The zero-order valence-electron chi connectivity index (χ0n) is 26.5. The minimum Gasteiger partial charge on any atom is -0.496 e. The second-order valence-electron chi connectivity index (χ2n) is 12.1. The van der Waals surface area contributed by atoms with Crippen molar-refractivity contribution in [2.75, 3.05) is 7.11 Å². The summed E-state index contributed by atoms with van der Waals surface area (Å²) >= 11 is 0. The molecule has 0 saturated heterocycles. The highest BCUT2D eigenvalue weighted by Gasteiger charge is 2.40. The summed E-state index contributed by atoms with van der Waals surface area (Å²) in [6.07, 6.45) is 5.68. The quantitative estimate of drug-likeness (QED) is 0.175. The molecule has 4 aromatic carbocycles. The maximum Gasteiger partial charge on any atom is 0.244 e. The average molecular weight is 625 g/mol. The van der Waals surface area contributed by atoms with Crippen LogP contribution in [0.2, 0.25) is 0 Å². The average Bonchev–Trinajstić information content (AvgIpc) is 3.06. The maximum atomic E-state index is 14.3. The molecule has 0 spiro atoms. The third-order valence-electron chi connectivity index (χ3n) is 9.00. The van der Waals surface area contributed by atoms with E-state index in [9.17, 15) is 13.2 Å². The van der Waals surface area contributed by atoms with Gasteiger partial charge >= 0.3 is 0 Å². The fraction of sp³-hybridized carbons (Fsp3) is 0.342. The van der Waals surface area contributed by atoms with E-state index >= 15 is 0 Å². The van der Waals surface area contributed by atoms with Crippen LogP contribution in [0.4, 0.5) is 0 Å². The Labute approximate surface area is 268 Å². The van der Waals surface area contributed by atoms with Crippen molar-refractivity contribution < 1.29 is 17.9 Å². The Morgan fingerprint density at radius 2 is 1.40 bits per heavy atom. The molecule has 1 atom stereocenters. The zero-order chi connectivity index (χ0) is 31.8. The number of nitrogens with one attached hydrogen (secondary N) is 1. The van der Waals surface area contributed by atoms with Gasteiger partial charge in [0.25, 0.3) is 0 Å². The summed E-state index contributed by atoms with van der Waals surface area (Å²) in [5, 5.41) is 3.32. The van der Waals surface area contributed by atoms with E-state index in [0.717, 1.165) is 60.8 Å². The zero-order valence-corrected chi connectivity index (χ0v) is 27.4. The predicted molar refractivity (Wildman–Crippen MR) is 180 cm³/mol. The number of sulfonamides is 1. The molecule has 7 heteroatoms. The van der Waals surface area contributed by atoms with Crippen LogP contribution in [-0.2, 0) is 40.6 Å². The predicted octanol–water partition coefficient (Wildman–Crippen LogP) is 6.96. The lowest BCUT2D eigenvalue weighted by Gasteiger charge is -2.36. The Morgan fingerprint density at radius 1 is 0.844 bits per heavy atom. The summed E-state index contributed by atoms with van der Waals surface area (Å²) < 4.78 is 35.5. The molecule has 0 bridgehead atoms. The number of aryl methyl sites for hydroxylation is 3. The normalized spacial score (nSPS) is 15.1. The number of methoxy groups -OCH3 is 1. The standard InChI is InChI=1S/C38H44N2O4S/c1-28-24-35(26-37(44-3)29(28)2)45(42,43)40-27-33-21-11-10-20-32(33)25-36(40)38(41)39-34(22-12-18-30-14-6-4-7-15-30)23-13-19-31-16-8-5-9-17-31/h4-11,14-17,20-21,24,26,34,36H,12-13,18-19,22-23,25,27H2,1-3H3,(H,39,41)/t36-/m0/s1. The number of hydrogen-bond donors (Lipinski definition) is 1. The lowest BCUT2D eigenvalue weighted by molar-refractivity contribution is -0.126. The van der Waals surface area contributed by atoms with Gasteiger partial charge in [-0.25, -0.2) is 8.42 Å². The Hall–Kier alpha value is -3.94. The van der Waals surface area contributed by atoms with Crippen molar-refractivity contribution in [2.24, 2.45) is 0 Å². The molecular formula is C38H44N2O4S. The summed E-state index contributed by atoms with van der Waals surface area (Å²) in [5.74, 6) is 0.275. The molecule has 1 aliphatic heterocycles. The van der Waals surface area contributed by atoms with Crippen molar-refractivity contribution in [3.63, 3.8) is 0 Å². The van der Waals surface area contributed by atoms with Gasteiger partial charge in [-0.05, 0) is 98.2 Å². The van der Waals surface area contributed by atoms with Gasteiger partial charge in [-0.3, -0.25) is 4.79 Å². The first-order chi connectivity index (χ1) is 21.8. The molecule has 1 aliphatic rings. The number of benzene rings is 4. The minimum atomic E-state index is -4.02. The molecule has 5 rings (SSSR count). The van der Waals surface area contributed by atoms with Gasteiger partial charge in [0.2, 0.25) is 15.9 Å². The molecule has 4 aromatic rings. The molecule has 1 N–H and O–H groups in total. The third-order valence-corrected chi connectivity index (χ3v) is 10.8. The molecule has 45 heavy (non-hydrogen) atoms. The Bertz CT molecular complexity index is 1640. The van der Waals surface area contributed by atoms with E-state index in [1.807, 2.05) is 50.2 Å². The van der Waals surface area contributed by atoms with E-state index in [0.29, 0.717) is 12.2 Å². The van der Waals surface area contributed by atoms with Gasteiger partial charge in [0.1, 0.15) is 11.8 Å². The van der Waals surface area contributed by atoms with Gasteiger partial charge in [0, 0.05) is 18.7 Å². The Balaban J connectivity index is 1.38. The molecule has 0 saturated carbocycles. The summed E-state index contributed by atoms with van der Waals surface area (Å²) in [7, 11) is -2.48. The summed E-state index contributed by atoms with van der Waals surface area (Å²) in [6, 6.07) is 30.9. The number of ether oxygens (including phenoxy) is 1. The number of carbonyl (C=O) groups excluding carboxylic acids is 1. The molecular weight excluding hydrogens is 580 g/mol. The van der Waals surface area contributed by atoms with E-state index in [-0.39, 0.29) is 23.4 Å². The van der Waals surface area contributed by atoms with E-state index in [4.69, 9.17) is 4.74 Å². The van der Waals surface area contributed by atoms with Crippen molar-refractivity contribution in [3.8, 4) is 5.75 Å². The van der Waals surface area contributed by atoms with Crippen molar-refractivity contribution in [3.05, 3.63) is 130 Å². The smallest absolute Gasteiger partial charge is 0.244 e. The van der Waals surface area contributed by atoms with Crippen LogP contribution >= 0.6 is 0 Å². The van der Waals surface area contributed by atoms with Crippen LogP contribution in [0.15, 0.2) is 102 Å². The van der Waals surface area contributed by atoms with Crippen LogP contribution < -0.4 is 10.1 Å². The first-order valence-electron chi connectivity index (χ1n) is 15.9. The number of rotatable bonds is 13. The highest BCUT2D eigenvalue weighted by Crippen LogP contribution is 2.33. The first-order valence-corrected chi connectivity index (χ1v) is 17.3. The monoisotopic (exact) mass is 624 g/mol. The van der Waals surface area contributed by atoms with Gasteiger partial charge < -0.3 is 10.1 Å².